The van der Waals surface area contributed by atoms with Crippen molar-refractivity contribution in [2.24, 2.45) is 11.5 Å². The van der Waals surface area contributed by atoms with Crippen LogP contribution in [0.2, 0.25) is 5.02 Å². The smallest absolute Gasteiger partial charge is 0.365 e. The topological polar surface area (TPSA) is 185 Å². The summed E-state index contributed by atoms with van der Waals surface area (Å²) in [5.74, 6) is 0.0944. The molecule has 6 aromatic rings. The van der Waals surface area contributed by atoms with Crippen LogP contribution in [0, 0.1) is 5.82 Å². The third-order valence-electron chi connectivity index (χ3n) is 9.55. The number of fused-ring (bicyclic) bond motifs is 2. The molecule has 6 aromatic heterocycles. The van der Waals surface area contributed by atoms with Gasteiger partial charge in [-0.05, 0) is 43.9 Å². The highest BCUT2D eigenvalue weighted by Gasteiger charge is 2.37. The molecule has 4 atom stereocenters. The van der Waals surface area contributed by atoms with E-state index in [0.29, 0.717) is 33.9 Å². The van der Waals surface area contributed by atoms with Gasteiger partial charge in [0, 0.05) is 77.1 Å². The maximum Gasteiger partial charge on any atom is 0.421 e. The van der Waals surface area contributed by atoms with Crippen LogP contribution in [-0.2, 0) is 6.18 Å². The van der Waals surface area contributed by atoms with E-state index in [-0.39, 0.29) is 41.6 Å². The molecule has 2 aliphatic rings. The Morgan fingerprint density at radius 3 is 1.96 bits per heavy atom. The highest BCUT2D eigenvalue weighted by Crippen LogP contribution is 2.37. The fraction of sp³-hybridized carbons (Fsp3) is 0.371. The third kappa shape index (κ3) is 7.64. The van der Waals surface area contributed by atoms with E-state index in [1.807, 2.05) is 12.1 Å². The van der Waals surface area contributed by atoms with E-state index in [2.05, 4.69) is 50.5 Å². The molecule has 6 heterocycles. The molecule has 2 saturated carbocycles. The quantitative estimate of drug-likeness (QED) is 0.0955. The van der Waals surface area contributed by atoms with Crippen molar-refractivity contribution < 1.29 is 17.6 Å². The van der Waals surface area contributed by atoms with Gasteiger partial charge in [-0.2, -0.15) is 13.2 Å². The molecule has 0 radical (unpaired) electrons. The Hall–Kier alpha value is -4.93. The lowest BCUT2D eigenvalue weighted by Gasteiger charge is -2.30. The molecule has 12 nitrogen and oxygen atoms in total. The zero-order valence-corrected chi connectivity index (χ0v) is 28.6. The summed E-state index contributed by atoms with van der Waals surface area (Å²) in [6.45, 7) is 0. The Balaban J connectivity index is 0.000000164. The van der Waals surface area contributed by atoms with Crippen LogP contribution in [0.15, 0.2) is 55.4 Å². The molecule has 0 aromatic carbocycles. The number of rotatable bonds is 6. The summed E-state index contributed by atoms with van der Waals surface area (Å²) in [7, 11) is 0. The molecule has 0 amide bonds. The molecule has 0 bridgehead atoms. The van der Waals surface area contributed by atoms with Crippen molar-refractivity contribution in [1.29, 1.82) is 0 Å². The summed E-state index contributed by atoms with van der Waals surface area (Å²) in [6, 6.07) is 5.03. The molecule has 8 N–H and O–H groups in total. The number of nitrogens with zero attached hydrogens (tertiary/aromatic N) is 6. The second-order valence-corrected chi connectivity index (χ2v) is 13.5. The molecular weight excluding hydrogens is 700 g/mol. The van der Waals surface area contributed by atoms with Crippen LogP contribution >= 0.6 is 11.6 Å². The maximum absolute atomic E-state index is 14.2. The second kappa shape index (κ2) is 15.0. The Kier molecular flexibility index (Phi) is 10.2. The van der Waals surface area contributed by atoms with E-state index in [1.165, 1.54) is 12.4 Å². The monoisotopic (exact) mass is 736 g/mol. The lowest BCUT2D eigenvalue weighted by atomic mass is 9.91. The molecule has 272 valence electrons. The van der Waals surface area contributed by atoms with Crippen molar-refractivity contribution in [3.8, 4) is 22.8 Å². The Morgan fingerprint density at radius 2 is 1.31 bits per heavy atom. The van der Waals surface area contributed by atoms with E-state index in [4.69, 9.17) is 23.1 Å². The van der Waals surface area contributed by atoms with Crippen molar-refractivity contribution in [2.45, 2.75) is 81.7 Å². The summed E-state index contributed by atoms with van der Waals surface area (Å²) in [5.41, 5.74) is 13.9. The van der Waals surface area contributed by atoms with Crippen molar-refractivity contribution >= 4 is 45.3 Å². The molecule has 0 aliphatic heterocycles. The Morgan fingerprint density at radius 1 is 0.731 bits per heavy atom. The molecule has 2 fully saturated rings. The number of hydrogen-bond acceptors (Lipinski definition) is 10. The first-order chi connectivity index (χ1) is 25.0. The lowest BCUT2D eigenvalue weighted by Crippen LogP contribution is -2.43. The van der Waals surface area contributed by atoms with Gasteiger partial charge in [0.15, 0.2) is 23.3 Å². The minimum atomic E-state index is -4.58. The van der Waals surface area contributed by atoms with Crippen LogP contribution in [0.25, 0.3) is 44.8 Å². The predicted molar refractivity (Wildman–Crippen MR) is 192 cm³/mol. The van der Waals surface area contributed by atoms with Crippen molar-refractivity contribution in [2.75, 3.05) is 10.6 Å². The van der Waals surface area contributed by atoms with Gasteiger partial charge in [-0.15, -0.1) is 0 Å². The first-order valence-corrected chi connectivity index (χ1v) is 17.5. The van der Waals surface area contributed by atoms with Gasteiger partial charge in [-0.25, -0.2) is 34.3 Å². The number of aromatic nitrogens is 8. The van der Waals surface area contributed by atoms with Crippen LogP contribution in [0.1, 0.15) is 56.9 Å². The van der Waals surface area contributed by atoms with Crippen LogP contribution in [0.4, 0.5) is 29.2 Å². The number of pyridine rings is 2. The van der Waals surface area contributed by atoms with E-state index in [9.17, 15) is 17.6 Å². The number of nitrogens with one attached hydrogen (secondary N) is 4. The number of halogens is 5. The number of hydrogen-bond donors (Lipinski definition) is 6. The molecule has 52 heavy (non-hydrogen) atoms. The van der Waals surface area contributed by atoms with E-state index >= 15 is 0 Å². The summed E-state index contributed by atoms with van der Waals surface area (Å²) < 4.78 is 54.6. The first kappa shape index (κ1) is 35.5. The third-order valence-corrected chi connectivity index (χ3v) is 9.76. The average molecular weight is 737 g/mol. The number of alkyl halides is 3. The summed E-state index contributed by atoms with van der Waals surface area (Å²) in [5, 5.41) is 8.04. The second-order valence-electron chi connectivity index (χ2n) is 13.1. The molecular formula is C35H37ClF4N12. The average Bonchev–Trinajstić information content (AvgIpc) is 3.75. The highest BCUT2D eigenvalue weighted by atomic mass is 35.5. The number of anilines is 2. The van der Waals surface area contributed by atoms with Crippen molar-refractivity contribution in [1.82, 2.24) is 39.9 Å². The van der Waals surface area contributed by atoms with Crippen molar-refractivity contribution in [3.63, 3.8) is 0 Å². The Bertz CT molecular complexity index is 2170. The van der Waals surface area contributed by atoms with Crippen LogP contribution in [-0.4, -0.2) is 64.0 Å². The van der Waals surface area contributed by atoms with E-state index < -0.39 is 17.6 Å². The fourth-order valence-electron chi connectivity index (χ4n) is 6.76. The summed E-state index contributed by atoms with van der Waals surface area (Å²) in [6.07, 6.45) is 11.5. The normalized spacial score (nSPS) is 20.8. The molecule has 2 aliphatic carbocycles. The van der Waals surface area contributed by atoms with Gasteiger partial charge in [-0.3, -0.25) is 0 Å². The van der Waals surface area contributed by atoms with E-state index in [1.54, 1.807) is 24.7 Å². The standard InChI is InChI=1S/C18H18ClF3N6.C17H19FN6/c19-9-5-10-11(7-25-15(10)24-6-9)16-26-8-12(18(20,21)22)17(28-16)27-14-4-2-1-3-13(14)23;18-12-9-22-16(11-8-21-15-10(11)4-3-7-20-15)24-17(12)23-14-6-2-1-5-13(14)19/h5-8,13-14H,1-4,23H2,(H,24,25)(H,26,27,28);3-4,7-9,13-14H,1-2,5-6,19H2,(H,20,21)(H,22,23,24)/t13-,14?;/m1./s1. The zero-order valence-electron chi connectivity index (χ0n) is 27.9. The van der Waals surface area contributed by atoms with Gasteiger partial charge in [0.1, 0.15) is 22.7 Å². The number of nitrogens with two attached hydrogens (primary N) is 2. The van der Waals surface area contributed by atoms with Gasteiger partial charge < -0.3 is 32.1 Å². The Labute approximate surface area is 300 Å². The van der Waals surface area contributed by atoms with Crippen molar-refractivity contribution in [3.05, 3.63) is 71.8 Å². The highest BCUT2D eigenvalue weighted by molar-refractivity contribution is 6.31. The van der Waals surface area contributed by atoms with E-state index in [0.717, 1.165) is 67.7 Å². The molecule has 0 spiro atoms. The molecule has 8 rings (SSSR count). The van der Waals surface area contributed by atoms with Gasteiger partial charge in [0.05, 0.1) is 11.2 Å². The minimum Gasteiger partial charge on any atom is -0.365 e. The molecule has 17 heteroatoms. The SMILES string of the molecule is NC1CCCCC1Nc1nc(-c2c[nH]c3ncccc23)ncc1F.N[C@@H]1CCCCC1Nc1nc(-c2c[nH]c3ncc(Cl)cc23)ncc1C(F)(F)F. The molecule has 0 saturated heterocycles. The summed E-state index contributed by atoms with van der Waals surface area (Å²) >= 11 is 6.00. The zero-order chi connectivity index (χ0) is 36.4. The molecule has 3 unspecified atom stereocenters. The van der Waals surface area contributed by atoms with Gasteiger partial charge in [-0.1, -0.05) is 37.3 Å². The lowest BCUT2D eigenvalue weighted by molar-refractivity contribution is -0.137. The summed E-state index contributed by atoms with van der Waals surface area (Å²) in [4.78, 5) is 31.1. The number of aromatic amines is 2. The van der Waals surface area contributed by atoms with Gasteiger partial charge in [0.2, 0.25) is 0 Å². The first-order valence-electron chi connectivity index (χ1n) is 17.1. The predicted octanol–water partition coefficient (Wildman–Crippen LogP) is 7.21. The van der Waals surface area contributed by atoms with Crippen LogP contribution in [0.5, 0.6) is 0 Å². The fourth-order valence-corrected chi connectivity index (χ4v) is 6.92. The van der Waals surface area contributed by atoms with Crippen LogP contribution < -0.4 is 22.1 Å². The minimum absolute atomic E-state index is 0.0221. The van der Waals surface area contributed by atoms with Gasteiger partial charge >= 0.3 is 6.18 Å². The van der Waals surface area contributed by atoms with Crippen LogP contribution in [0.3, 0.4) is 0 Å². The maximum atomic E-state index is 14.2. The van der Waals surface area contributed by atoms with Gasteiger partial charge in [0.25, 0.3) is 0 Å². The number of H-pyrrole nitrogens is 2. The largest absolute Gasteiger partial charge is 0.421 e.